The first kappa shape index (κ1) is 12.7. The van der Waals surface area contributed by atoms with E-state index in [-0.39, 0.29) is 6.04 Å². The molecule has 5 nitrogen and oxygen atoms in total. The summed E-state index contributed by atoms with van der Waals surface area (Å²) in [4.78, 5) is 4.26. The fourth-order valence-electron chi connectivity index (χ4n) is 1.67. The minimum absolute atomic E-state index is 0.267. The molecule has 5 heteroatoms. The molecule has 0 saturated carbocycles. The number of ether oxygens (including phenoxy) is 1. The van der Waals surface area contributed by atoms with Crippen molar-refractivity contribution in [3.05, 3.63) is 47.6 Å². The summed E-state index contributed by atoms with van der Waals surface area (Å²) in [5.74, 6) is 1.11. The highest BCUT2D eigenvalue weighted by molar-refractivity contribution is 5.16. The van der Waals surface area contributed by atoms with Gasteiger partial charge in [0, 0.05) is 13.5 Å². The molecule has 2 N–H and O–H groups in total. The summed E-state index contributed by atoms with van der Waals surface area (Å²) in [6.07, 6.45) is 1.32. The zero-order chi connectivity index (χ0) is 12.8. The number of hydrogen-bond acceptors (Lipinski definition) is 5. The highest BCUT2D eigenvalue weighted by atomic mass is 16.5. The van der Waals surface area contributed by atoms with Crippen LogP contribution in [0.3, 0.4) is 0 Å². The molecule has 1 aromatic carbocycles. The van der Waals surface area contributed by atoms with Crippen LogP contribution in [0.25, 0.3) is 0 Å². The summed E-state index contributed by atoms with van der Waals surface area (Å²) in [5.41, 5.74) is 7.20. The predicted octanol–water partition coefficient (Wildman–Crippen LogP) is 1.50. The van der Waals surface area contributed by atoms with Crippen LogP contribution in [-0.2, 0) is 17.6 Å². The van der Waals surface area contributed by atoms with E-state index in [2.05, 4.69) is 10.1 Å². The van der Waals surface area contributed by atoms with Gasteiger partial charge in [0.1, 0.15) is 0 Å². The third-order valence-electron chi connectivity index (χ3n) is 2.63. The molecule has 0 amide bonds. The molecule has 2 rings (SSSR count). The van der Waals surface area contributed by atoms with Gasteiger partial charge in [-0.1, -0.05) is 35.5 Å². The molecule has 0 fully saturated rings. The Morgan fingerprint density at radius 2 is 2.11 bits per heavy atom. The van der Waals surface area contributed by atoms with E-state index in [0.717, 1.165) is 5.56 Å². The Balaban J connectivity index is 1.96. The van der Waals surface area contributed by atoms with Crippen LogP contribution < -0.4 is 5.73 Å². The Morgan fingerprint density at radius 3 is 2.83 bits per heavy atom. The smallest absolute Gasteiger partial charge is 0.243 e. The van der Waals surface area contributed by atoms with Crippen LogP contribution in [0.2, 0.25) is 0 Å². The number of nitrogens with two attached hydrogens (primary N) is 1. The van der Waals surface area contributed by atoms with E-state index in [4.69, 9.17) is 15.0 Å². The first-order valence-electron chi connectivity index (χ1n) is 5.90. The lowest BCUT2D eigenvalue weighted by molar-refractivity contribution is 0.199. The lowest BCUT2D eigenvalue weighted by atomic mass is 10.1. The molecule has 1 unspecified atom stereocenters. The molecule has 2 aromatic rings. The highest BCUT2D eigenvalue weighted by Crippen LogP contribution is 2.14. The number of methoxy groups -OCH3 is 1. The van der Waals surface area contributed by atoms with E-state index in [1.807, 2.05) is 30.3 Å². The van der Waals surface area contributed by atoms with Gasteiger partial charge in [-0.05, 0) is 12.0 Å². The normalized spacial score (nSPS) is 12.6. The summed E-state index contributed by atoms with van der Waals surface area (Å²) < 4.78 is 10.1. The van der Waals surface area contributed by atoms with Crippen LogP contribution >= 0.6 is 0 Å². The zero-order valence-corrected chi connectivity index (χ0v) is 10.4. The van der Waals surface area contributed by atoms with Crippen molar-refractivity contribution in [1.82, 2.24) is 10.1 Å². The molecule has 0 spiro atoms. The van der Waals surface area contributed by atoms with Crippen LogP contribution in [0, 0.1) is 0 Å². The Hall–Kier alpha value is -1.72. The standard InChI is InChI=1S/C13H17N3O2/c1-17-8-7-12-15-13(18-16-12)11(14)9-10-5-3-2-4-6-10/h2-6,11H,7-9,14H2,1H3. The van der Waals surface area contributed by atoms with Crippen molar-refractivity contribution in [2.24, 2.45) is 5.73 Å². The Kier molecular flexibility index (Phi) is 4.44. The van der Waals surface area contributed by atoms with Gasteiger partial charge < -0.3 is 15.0 Å². The topological polar surface area (TPSA) is 74.2 Å². The molecular formula is C13H17N3O2. The number of hydrogen-bond donors (Lipinski definition) is 1. The molecule has 0 aliphatic carbocycles. The highest BCUT2D eigenvalue weighted by Gasteiger charge is 2.15. The second kappa shape index (κ2) is 6.28. The van der Waals surface area contributed by atoms with E-state index in [1.165, 1.54) is 0 Å². The molecule has 0 aliphatic heterocycles. The molecule has 0 bridgehead atoms. The fourth-order valence-corrected chi connectivity index (χ4v) is 1.67. The summed E-state index contributed by atoms with van der Waals surface area (Å²) in [6.45, 7) is 0.576. The van der Waals surface area contributed by atoms with Crippen LogP contribution in [0.15, 0.2) is 34.9 Å². The first-order valence-corrected chi connectivity index (χ1v) is 5.90. The molecule has 96 valence electrons. The van der Waals surface area contributed by atoms with Crippen LogP contribution in [0.5, 0.6) is 0 Å². The fraction of sp³-hybridized carbons (Fsp3) is 0.385. The van der Waals surface area contributed by atoms with E-state index in [0.29, 0.717) is 31.2 Å². The molecule has 1 atom stereocenters. The Labute approximate surface area is 106 Å². The van der Waals surface area contributed by atoms with Crippen LogP contribution in [-0.4, -0.2) is 23.9 Å². The number of benzene rings is 1. The number of nitrogens with zero attached hydrogens (tertiary/aromatic N) is 2. The summed E-state index contributed by atoms with van der Waals surface area (Å²) in [5, 5.41) is 3.87. The lowest BCUT2D eigenvalue weighted by Gasteiger charge is -2.05. The van der Waals surface area contributed by atoms with E-state index in [9.17, 15) is 0 Å². The van der Waals surface area contributed by atoms with Gasteiger partial charge in [0.05, 0.1) is 12.6 Å². The maximum atomic E-state index is 6.04. The lowest BCUT2D eigenvalue weighted by Crippen LogP contribution is -2.13. The summed E-state index contributed by atoms with van der Waals surface area (Å²) in [7, 11) is 1.64. The third-order valence-corrected chi connectivity index (χ3v) is 2.63. The average molecular weight is 247 g/mol. The minimum Gasteiger partial charge on any atom is -0.384 e. The average Bonchev–Trinajstić information content (AvgIpc) is 2.86. The van der Waals surface area contributed by atoms with Crippen molar-refractivity contribution in [2.45, 2.75) is 18.9 Å². The first-order chi connectivity index (χ1) is 8.79. The van der Waals surface area contributed by atoms with Gasteiger partial charge in [0.2, 0.25) is 5.89 Å². The van der Waals surface area contributed by atoms with Gasteiger partial charge in [-0.15, -0.1) is 0 Å². The molecular weight excluding hydrogens is 230 g/mol. The quantitative estimate of drug-likeness (QED) is 0.837. The Bertz CT molecular complexity index is 470. The molecule has 1 heterocycles. The summed E-state index contributed by atoms with van der Waals surface area (Å²) >= 11 is 0. The molecule has 0 radical (unpaired) electrons. The van der Waals surface area contributed by atoms with Crippen LogP contribution in [0.1, 0.15) is 23.3 Å². The SMILES string of the molecule is COCCc1noc(C(N)Cc2ccccc2)n1. The maximum absolute atomic E-state index is 6.04. The van der Waals surface area contributed by atoms with Crippen molar-refractivity contribution in [3.63, 3.8) is 0 Å². The second-order valence-corrected chi connectivity index (χ2v) is 4.09. The van der Waals surface area contributed by atoms with Crippen molar-refractivity contribution < 1.29 is 9.26 Å². The molecule has 0 saturated heterocycles. The van der Waals surface area contributed by atoms with Crippen molar-refractivity contribution in [3.8, 4) is 0 Å². The van der Waals surface area contributed by atoms with E-state index < -0.39 is 0 Å². The molecule has 0 aliphatic rings. The number of aromatic nitrogens is 2. The van der Waals surface area contributed by atoms with Crippen molar-refractivity contribution in [1.29, 1.82) is 0 Å². The summed E-state index contributed by atoms with van der Waals surface area (Å²) in [6, 6.07) is 9.74. The van der Waals surface area contributed by atoms with Gasteiger partial charge in [0.25, 0.3) is 0 Å². The zero-order valence-electron chi connectivity index (χ0n) is 10.4. The largest absolute Gasteiger partial charge is 0.384 e. The van der Waals surface area contributed by atoms with Gasteiger partial charge >= 0.3 is 0 Å². The van der Waals surface area contributed by atoms with E-state index >= 15 is 0 Å². The van der Waals surface area contributed by atoms with Gasteiger partial charge in [0.15, 0.2) is 5.82 Å². The van der Waals surface area contributed by atoms with E-state index in [1.54, 1.807) is 7.11 Å². The predicted molar refractivity (Wildman–Crippen MR) is 67.0 cm³/mol. The minimum atomic E-state index is -0.267. The number of rotatable bonds is 6. The molecule has 1 aromatic heterocycles. The molecule has 18 heavy (non-hydrogen) atoms. The van der Waals surface area contributed by atoms with Crippen molar-refractivity contribution in [2.75, 3.05) is 13.7 Å². The second-order valence-electron chi connectivity index (χ2n) is 4.09. The maximum Gasteiger partial charge on any atom is 0.243 e. The van der Waals surface area contributed by atoms with Crippen LogP contribution in [0.4, 0.5) is 0 Å². The van der Waals surface area contributed by atoms with Crippen molar-refractivity contribution >= 4 is 0 Å². The third kappa shape index (κ3) is 3.38. The van der Waals surface area contributed by atoms with Gasteiger partial charge in [-0.2, -0.15) is 4.98 Å². The monoisotopic (exact) mass is 247 g/mol. The Morgan fingerprint density at radius 1 is 1.33 bits per heavy atom. The van der Waals surface area contributed by atoms with Gasteiger partial charge in [-0.25, -0.2) is 0 Å². The van der Waals surface area contributed by atoms with Gasteiger partial charge in [-0.3, -0.25) is 0 Å².